The molecule has 2 aromatic carbocycles. The first-order valence-electron chi connectivity index (χ1n) is 8.25. The van der Waals surface area contributed by atoms with Gasteiger partial charge in [-0.05, 0) is 31.2 Å². The number of benzene rings is 2. The van der Waals surface area contributed by atoms with Crippen LogP contribution in [0.5, 0.6) is 5.75 Å². The molecule has 3 aromatic rings. The summed E-state index contributed by atoms with van der Waals surface area (Å²) in [5.41, 5.74) is 2.74. The average Bonchev–Trinajstić information content (AvgIpc) is 3.06. The van der Waals surface area contributed by atoms with Crippen molar-refractivity contribution in [1.29, 1.82) is 0 Å². The van der Waals surface area contributed by atoms with Crippen molar-refractivity contribution in [2.24, 2.45) is 0 Å². The summed E-state index contributed by atoms with van der Waals surface area (Å²) in [5, 5.41) is 0. The van der Waals surface area contributed by atoms with Gasteiger partial charge in [0.15, 0.2) is 6.61 Å². The molecular weight excluding hydrogens is 316 g/mol. The van der Waals surface area contributed by atoms with Crippen LogP contribution in [0.25, 0.3) is 0 Å². The highest BCUT2D eigenvalue weighted by atomic mass is 16.5. The lowest BCUT2D eigenvalue weighted by Gasteiger charge is -2.25. The van der Waals surface area contributed by atoms with Gasteiger partial charge in [0, 0.05) is 18.7 Å². The number of ether oxygens (including phenoxy) is 1. The molecule has 1 amide bonds. The van der Waals surface area contributed by atoms with Gasteiger partial charge in [-0.25, -0.2) is 4.98 Å². The maximum Gasteiger partial charge on any atom is 0.296 e. The van der Waals surface area contributed by atoms with Gasteiger partial charge in [-0.1, -0.05) is 35.9 Å². The summed E-state index contributed by atoms with van der Waals surface area (Å²) in [6, 6.07) is 17.4. The third-order valence-electron chi connectivity index (χ3n) is 4.20. The van der Waals surface area contributed by atoms with E-state index in [9.17, 15) is 4.79 Å². The second-order valence-corrected chi connectivity index (χ2v) is 6.03. The molecule has 0 bridgehead atoms. The van der Waals surface area contributed by atoms with Gasteiger partial charge in [0.2, 0.25) is 11.7 Å². The molecule has 25 heavy (non-hydrogen) atoms. The van der Waals surface area contributed by atoms with Gasteiger partial charge >= 0.3 is 0 Å². The van der Waals surface area contributed by atoms with Crippen LogP contribution in [0.1, 0.15) is 27.7 Å². The summed E-state index contributed by atoms with van der Waals surface area (Å²) < 4.78 is 11.3. The quantitative estimate of drug-likeness (QED) is 0.729. The van der Waals surface area contributed by atoms with Crippen molar-refractivity contribution < 1.29 is 13.9 Å². The van der Waals surface area contributed by atoms with Crippen LogP contribution in [-0.2, 0) is 13.0 Å². The Morgan fingerprint density at radius 1 is 1.12 bits per heavy atom. The SMILES string of the molecule is Cc1ccc(N2CCc3nc(COc4ccccc4)oc3C2=O)cc1. The van der Waals surface area contributed by atoms with E-state index in [-0.39, 0.29) is 12.5 Å². The number of fused-ring (bicyclic) bond motifs is 1. The zero-order valence-corrected chi connectivity index (χ0v) is 13.9. The molecule has 0 aliphatic carbocycles. The molecule has 0 fully saturated rings. The molecule has 0 saturated heterocycles. The molecule has 1 aliphatic heterocycles. The fraction of sp³-hybridized carbons (Fsp3) is 0.200. The minimum atomic E-state index is -0.149. The van der Waals surface area contributed by atoms with Crippen molar-refractivity contribution in [2.75, 3.05) is 11.4 Å². The largest absolute Gasteiger partial charge is 0.484 e. The monoisotopic (exact) mass is 334 g/mol. The number of nitrogens with zero attached hydrogens (tertiary/aromatic N) is 2. The minimum absolute atomic E-state index is 0.149. The van der Waals surface area contributed by atoms with E-state index in [1.54, 1.807) is 4.90 Å². The third-order valence-corrected chi connectivity index (χ3v) is 4.20. The Bertz CT molecular complexity index is 885. The number of carbonyl (C=O) groups excluding carboxylic acids is 1. The fourth-order valence-electron chi connectivity index (χ4n) is 2.87. The number of hydrogen-bond donors (Lipinski definition) is 0. The second-order valence-electron chi connectivity index (χ2n) is 6.03. The average molecular weight is 334 g/mol. The maximum atomic E-state index is 12.7. The highest BCUT2D eigenvalue weighted by Gasteiger charge is 2.31. The van der Waals surface area contributed by atoms with Crippen molar-refractivity contribution in [3.8, 4) is 5.75 Å². The van der Waals surface area contributed by atoms with Gasteiger partial charge < -0.3 is 14.1 Å². The number of carbonyl (C=O) groups is 1. The Kier molecular flexibility index (Phi) is 3.98. The highest BCUT2D eigenvalue weighted by Crippen LogP contribution is 2.25. The van der Waals surface area contributed by atoms with Crippen LogP contribution >= 0.6 is 0 Å². The van der Waals surface area contributed by atoms with E-state index in [1.807, 2.05) is 61.5 Å². The van der Waals surface area contributed by atoms with Gasteiger partial charge in [0.1, 0.15) is 5.75 Å². The standard InChI is InChI=1S/C20H18N2O3/c1-14-7-9-15(10-8-14)22-12-11-17-19(20(22)23)25-18(21-17)13-24-16-5-3-2-4-6-16/h2-10H,11-13H2,1H3. The van der Waals surface area contributed by atoms with Crippen LogP contribution in [0, 0.1) is 6.92 Å². The Balaban J connectivity index is 1.51. The van der Waals surface area contributed by atoms with Gasteiger partial charge in [-0.15, -0.1) is 0 Å². The molecule has 0 unspecified atom stereocenters. The number of rotatable bonds is 4. The summed E-state index contributed by atoms with van der Waals surface area (Å²) in [7, 11) is 0. The summed E-state index contributed by atoms with van der Waals surface area (Å²) in [5.74, 6) is 1.33. The summed E-state index contributed by atoms with van der Waals surface area (Å²) >= 11 is 0. The molecular formula is C20H18N2O3. The van der Waals surface area contributed by atoms with Gasteiger partial charge in [-0.3, -0.25) is 4.79 Å². The third kappa shape index (κ3) is 3.13. The van der Waals surface area contributed by atoms with Crippen molar-refractivity contribution in [3.63, 3.8) is 0 Å². The number of aromatic nitrogens is 1. The topological polar surface area (TPSA) is 55.6 Å². The van der Waals surface area contributed by atoms with Gasteiger partial charge in [-0.2, -0.15) is 0 Å². The van der Waals surface area contributed by atoms with Crippen molar-refractivity contribution in [3.05, 3.63) is 77.5 Å². The lowest BCUT2D eigenvalue weighted by atomic mass is 10.1. The summed E-state index contributed by atoms with van der Waals surface area (Å²) in [6.07, 6.45) is 0.670. The Hall–Kier alpha value is -3.08. The summed E-state index contributed by atoms with van der Waals surface area (Å²) in [4.78, 5) is 18.9. The summed E-state index contributed by atoms with van der Waals surface area (Å²) in [6.45, 7) is 2.82. The number of hydrogen-bond acceptors (Lipinski definition) is 4. The van der Waals surface area contributed by atoms with Crippen LogP contribution < -0.4 is 9.64 Å². The fourth-order valence-corrected chi connectivity index (χ4v) is 2.87. The molecule has 2 heterocycles. The van der Waals surface area contributed by atoms with E-state index in [0.29, 0.717) is 30.3 Å². The Labute approximate surface area is 145 Å². The van der Waals surface area contributed by atoms with E-state index in [1.165, 1.54) is 0 Å². The molecule has 0 saturated carbocycles. The Morgan fingerprint density at radius 3 is 2.64 bits per heavy atom. The number of amides is 1. The molecule has 4 rings (SSSR count). The van der Waals surface area contributed by atoms with Crippen LogP contribution in [0.3, 0.4) is 0 Å². The normalized spacial score (nSPS) is 13.6. The number of para-hydroxylation sites is 1. The van der Waals surface area contributed by atoms with Crippen LogP contribution in [-0.4, -0.2) is 17.4 Å². The van der Waals surface area contributed by atoms with E-state index >= 15 is 0 Å². The minimum Gasteiger partial charge on any atom is -0.484 e. The zero-order chi connectivity index (χ0) is 17.2. The van der Waals surface area contributed by atoms with E-state index in [2.05, 4.69) is 4.98 Å². The van der Waals surface area contributed by atoms with Crippen molar-refractivity contribution in [2.45, 2.75) is 20.0 Å². The van der Waals surface area contributed by atoms with Crippen molar-refractivity contribution in [1.82, 2.24) is 4.98 Å². The molecule has 126 valence electrons. The molecule has 0 N–H and O–H groups in total. The zero-order valence-electron chi connectivity index (χ0n) is 13.9. The van der Waals surface area contributed by atoms with Crippen LogP contribution in [0.4, 0.5) is 5.69 Å². The number of anilines is 1. The Morgan fingerprint density at radius 2 is 1.88 bits per heavy atom. The lowest BCUT2D eigenvalue weighted by molar-refractivity contribution is 0.0948. The maximum absolute atomic E-state index is 12.7. The first-order chi connectivity index (χ1) is 12.2. The van der Waals surface area contributed by atoms with Crippen LogP contribution in [0.2, 0.25) is 0 Å². The second kappa shape index (κ2) is 6.43. The lowest BCUT2D eigenvalue weighted by Crippen LogP contribution is -2.37. The van der Waals surface area contributed by atoms with Crippen molar-refractivity contribution >= 4 is 11.6 Å². The van der Waals surface area contributed by atoms with E-state index in [0.717, 1.165) is 17.0 Å². The highest BCUT2D eigenvalue weighted by molar-refractivity contribution is 6.05. The predicted molar refractivity (Wildman–Crippen MR) is 93.8 cm³/mol. The molecule has 5 nitrogen and oxygen atoms in total. The number of oxazole rings is 1. The number of aryl methyl sites for hydroxylation is 1. The van der Waals surface area contributed by atoms with E-state index in [4.69, 9.17) is 9.15 Å². The predicted octanol–water partition coefficient (Wildman–Crippen LogP) is 3.76. The molecule has 0 radical (unpaired) electrons. The first kappa shape index (κ1) is 15.4. The van der Waals surface area contributed by atoms with E-state index < -0.39 is 0 Å². The van der Waals surface area contributed by atoms with Crippen LogP contribution in [0.15, 0.2) is 59.0 Å². The van der Waals surface area contributed by atoms with Gasteiger partial charge in [0.25, 0.3) is 5.91 Å². The smallest absolute Gasteiger partial charge is 0.296 e. The first-order valence-corrected chi connectivity index (χ1v) is 8.25. The molecule has 1 aliphatic rings. The molecule has 0 spiro atoms. The molecule has 0 atom stereocenters. The molecule has 1 aromatic heterocycles. The van der Waals surface area contributed by atoms with Gasteiger partial charge in [0.05, 0.1) is 5.69 Å². The molecule has 5 heteroatoms.